The number of unbranched alkanes of at least 4 members (excludes halogenated alkanes) is 1. The minimum Gasteiger partial charge on any atom is -0.466 e. The van der Waals surface area contributed by atoms with Crippen LogP contribution in [0.5, 0.6) is 0 Å². The number of aliphatic hydroxyl groups excluding tert-OH is 1. The van der Waals surface area contributed by atoms with Crippen molar-refractivity contribution in [3.05, 3.63) is 0 Å². The number of thioether (sulfide) groups is 1. The lowest BCUT2D eigenvalue weighted by atomic mass is 9.73. The van der Waals surface area contributed by atoms with Crippen molar-refractivity contribution < 1.29 is 14.6 Å². The van der Waals surface area contributed by atoms with Crippen LogP contribution in [0.4, 0.5) is 0 Å². The summed E-state index contributed by atoms with van der Waals surface area (Å²) in [6.45, 7) is 7.83. The Morgan fingerprint density at radius 1 is 1.24 bits per heavy atom. The molecular weight excluding hydrogens is 284 g/mol. The van der Waals surface area contributed by atoms with Crippen molar-refractivity contribution in [3.63, 3.8) is 0 Å². The van der Waals surface area contributed by atoms with E-state index < -0.39 is 0 Å². The van der Waals surface area contributed by atoms with Crippen LogP contribution in [0.25, 0.3) is 0 Å². The van der Waals surface area contributed by atoms with Gasteiger partial charge in [-0.2, -0.15) is 11.8 Å². The van der Waals surface area contributed by atoms with E-state index in [2.05, 4.69) is 20.8 Å². The zero-order valence-electron chi connectivity index (χ0n) is 13.7. The van der Waals surface area contributed by atoms with Crippen LogP contribution in [0.1, 0.15) is 59.3 Å². The van der Waals surface area contributed by atoms with E-state index >= 15 is 0 Å². The number of carbonyl (C=O) groups is 1. The molecular formula is C17H30O3S. The molecule has 0 heterocycles. The molecule has 2 rings (SSSR count). The summed E-state index contributed by atoms with van der Waals surface area (Å²) in [5.41, 5.74) is 0.524. The maximum absolute atomic E-state index is 11.6. The molecule has 0 saturated heterocycles. The minimum absolute atomic E-state index is 0.0903. The van der Waals surface area contributed by atoms with Crippen LogP contribution < -0.4 is 0 Å². The molecule has 122 valence electrons. The van der Waals surface area contributed by atoms with E-state index in [1.54, 1.807) is 0 Å². The third-order valence-corrected chi connectivity index (χ3v) is 7.08. The molecule has 0 aliphatic heterocycles. The summed E-state index contributed by atoms with van der Waals surface area (Å²) in [5.74, 6) is 2.47. The monoisotopic (exact) mass is 314 g/mol. The van der Waals surface area contributed by atoms with Crippen LogP contribution in [0.15, 0.2) is 0 Å². The van der Waals surface area contributed by atoms with Crippen molar-refractivity contribution in [1.29, 1.82) is 0 Å². The van der Waals surface area contributed by atoms with E-state index in [4.69, 9.17) is 9.84 Å². The second-order valence-corrected chi connectivity index (χ2v) is 9.22. The minimum atomic E-state index is -0.0903. The first-order chi connectivity index (χ1) is 9.87. The van der Waals surface area contributed by atoms with E-state index in [-0.39, 0.29) is 12.6 Å². The summed E-state index contributed by atoms with van der Waals surface area (Å²) in [7, 11) is 0. The lowest BCUT2D eigenvalue weighted by molar-refractivity contribution is -0.143. The lowest BCUT2D eigenvalue weighted by Crippen LogP contribution is -2.35. The fraction of sp³-hybridized carbons (Fsp3) is 0.941. The number of hydrogen-bond donors (Lipinski definition) is 1. The predicted molar refractivity (Wildman–Crippen MR) is 87.4 cm³/mol. The highest BCUT2D eigenvalue weighted by atomic mass is 32.2. The van der Waals surface area contributed by atoms with Crippen molar-refractivity contribution >= 4 is 17.7 Å². The molecule has 0 aromatic rings. The summed E-state index contributed by atoms with van der Waals surface area (Å²) < 4.78 is 5.55. The SMILES string of the molecule is CC1(C)CC2CC1CC2(C)SCCC(=O)OCCCCO. The van der Waals surface area contributed by atoms with Crippen LogP contribution >= 0.6 is 11.8 Å². The lowest BCUT2D eigenvalue weighted by Gasteiger charge is -2.40. The van der Waals surface area contributed by atoms with Crippen molar-refractivity contribution in [1.82, 2.24) is 0 Å². The van der Waals surface area contributed by atoms with Crippen LogP contribution in [0.2, 0.25) is 0 Å². The molecule has 4 heteroatoms. The van der Waals surface area contributed by atoms with Gasteiger partial charge in [0, 0.05) is 17.1 Å². The number of hydrogen-bond acceptors (Lipinski definition) is 4. The second-order valence-electron chi connectivity index (χ2n) is 7.59. The van der Waals surface area contributed by atoms with Gasteiger partial charge in [0.1, 0.15) is 0 Å². The fourth-order valence-corrected chi connectivity index (χ4v) is 5.51. The van der Waals surface area contributed by atoms with Gasteiger partial charge in [0.05, 0.1) is 13.0 Å². The number of aliphatic hydroxyl groups is 1. The molecule has 0 aromatic carbocycles. The van der Waals surface area contributed by atoms with Gasteiger partial charge in [-0.25, -0.2) is 0 Å². The first-order valence-corrected chi connectivity index (χ1v) is 9.26. The Morgan fingerprint density at radius 2 is 2.00 bits per heavy atom. The van der Waals surface area contributed by atoms with Crippen molar-refractivity contribution in [2.24, 2.45) is 17.3 Å². The van der Waals surface area contributed by atoms with Crippen molar-refractivity contribution in [2.75, 3.05) is 19.0 Å². The Balaban J connectivity index is 1.64. The van der Waals surface area contributed by atoms with Crippen LogP contribution in [0.3, 0.4) is 0 Å². The third-order valence-electron chi connectivity index (χ3n) is 5.52. The molecule has 0 radical (unpaired) electrons. The van der Waals surface area contributed by atoms with Crippen molar-refractivity contribution in [3.8, 4) is 0 Å². The average Bonchev–Trinajstić information content (AvgIpc) is 2.87. The molecule has 2 aliphatic rings. The predicted octanol–water partition coefficient (Wildman–Crippen LogP) is 3.64. The third kappa shape index (κ3) is 4.16. The number of carbonyl (C=O) groups excluding carboxylic acids is 1. The molecule has 3 nitrogen and oxygen atoms in total. The number of esters is 1. The van der Waals surface area contributed by atoms with Gasteiger partial charge in [0.25, 0.3) is 0 Å². The summed E-state index contributed by atoms with van der Waals surface area (Å²) in [6.07, 6.45) is 6.00. The topological polar surface area (TPSA) is 46.5 Å². The van der Waals surface area contributed by atoms with Gasteiger partial charge in [-0.15, -0.1) is 0 Å². The van der Waals surface area contributed by atoms with Crippen LogP contribution in [-0.2, 0) is 9.53 Å². The first-order valence-electron chi connectivity index (χ1n) is 8.28. The molecule has 2 fully saturated rings. The quantitative estimate of drug-likeness (QED) is 0.549. The van der Waals surface area contributed by atoms with E-state index in [9.17, 15) is 4.79 Å². The van der Waals surface area contributed by atoms with Gasteiger partial charge in [-0.3, -0.25) is 4.79 Å². The molecule has 1 N–H and O–H groups in total. The molecule has 3 unspecified atom stereocenters. The maximum atomic E-state index is 11.6. The van der Waals surface area contributed by atoms with Crippen molar-refractivity contribution in [2.45, 2.75) is 64.0 Å². The number of fused-ring (bicyclic) bond motifs is 2. The Labute approximate surface area is 133 Å². The second kappa shape index (κ2) is 6.91. The van der Waals surface area contributed by atoms with Gasteiger partial charge in [0.15, 0.2) is 0 Å². The zero-order valence-corrected chi connectivity index (χ0v) is 14.5. The molecule has 0 amide bonds. The highest BCUT2D eigenvalue weighted by Crippen LogP contribution is 2.63. The molecule has 0 aromatic heterocycles. The Hall–Kier alpha value is -0.220. The van der Waals surface area contributed by atoms with Gasteiger partial charge >= 0.3 is 5.97 Å². The normalized spacial score (nSPS) is 33.3. The Kier molecular flexibility index (Phi) is 5.64. The highest BCUT2D eigenvalue weighted by molar-refractivity contribution is 8.00. The zero-order chi connectivity index (χ0) is 15.5. The maximum Gasteiger partial charge on any atom is 0.306 e. The molecule has 3 atom stereocenters. The van der Waals surface area contributed by atoms with Gasteiger partial charge in [-0.05, 0) is 49.4 Å². The largest absolute Gasteiger partial charge is 0.466 e. The average molecular weight is 314 g/mol. The number of rotatable bonds is 8. The van der Waals surface area contributed by atoms with Crippen LogP contribution in [0, 0.1) is 17.3 Å². The Bertz CT molecular complexity index is 369. The molecule has 0 spiro atoms. The van der Waals surface area contributed by atoms with E-state index in [1.807, 2.05) is 11.8 Å². The van der Waals surface area contributed by atoms with E-state index in [1.165, 1.54) is 19.3 Å². The Morgan fingerprint density at radius 3 is 2.57 bits per heavy atom. The van der Waals surface area contributed by atoms with Gasteiger partial charge < -0.3 is 9.84 Å². The van der Waals surface area contributed by atoms with E-state index in [0.29, 0.717) is 29.6 Å². The molecule has 2 bridgehead atoms. The molecule has 2 saturated carbocycles. The standard InChI is InChI=1S/C17H30O3S/c1-16(2)11-14-10-13(16)12-17(14,3)21-9-6-15(19)20-8-5-4-7-18/h13-14,18H,4-12H2,1-3H3. The smallest absolute Gasteiger partial charge is 0.306 e. The first kappa shape index (κ1) is 17.1. The molecule has 2 aliphatic carbocycles. The summed E-state index contributed by atoms with van der Waals surface area (Å²) in [5, 5.41) is 8.67. The summed E-state index contributed by atoms with van der Waals surface area (Å²) in [4.78, 5) is 11.6. The van der Waals surface area contributed by atoms with Gasteiger partial charge in [-0.1, -0.05) is 20.8 Å². The number of ether oxygens (including phenoxy) is 1. The van der Waals surface area contributed by atoms with Gasteiger partial charge in [0.2, 0.25) is 0 Å². The van der Waals surface area contributed by atoms with E-state index in [0.717, 1.165) is 24.0 Å². The highest BCUT2D eigenvalue weighted by Gasteiger charge is 2.55. The summed E-state index contributed by atoms with van der Waals surface area (Å²) >= 11 is 1.98. The fourth-order valence-electron chi connectivity index (χ4n) is 4.04. The van der Waals surface area contributed by atoms with Crippen LogP contribution in [-0.4, -0.2) is 34.8 Å². The summed E-state index contributed by atoms with van der Waals surface area (Å²) in [6, 6.07) is 0. The molecule has 21 heavy (non-hydrogen) atoms.